The Balaban J connectivity index is 2.65. The van der Waals surface area contributed by atoms with E-state index < -0.39 is 104 Å². The van der Waals surface area contributed by atoms with Crippen LogP contribution in [0.1, 0.15) is 31.4 Å². The van der Waals surface area contributed by atoms with Gasteiger partial charge in [-0.3, -0.25) is 4.79 Å². The lowest BCUT2D eigenvalue weighted by molar-refractivity contribution is -0.559. The lowest BCUT2D eigenvalue weighted by Crippen LogP contribution is -2.92. The van der Waals surface area contributed by atoms with Crippen LogP contribution in [0.2, 0.25) is 0 Å². The van der Waals surface area contributed by atoms with Crippen LogP contribution in [-0.4, -0.2) is 138 Å². The number of aromatic hydroxyl groups is 2. The number of nitrogens with zero attached hydrogens (tertiary/aromatic N) is 1. The van der Waals surface area contributed by atoms with E-state index in [0.29, 0.717) is 0 Å². The van der Waals surface area contributed by atoms with Crippen LogP contribution in [0.5, 0.6) is 23.0 Å². The number of rotatable bonds is 6. The highest BCUT2D eigenvalue weighted by Gasteiger charge is 2.86. The Morgan fingerprint density at radius 2 is 1.07 bits per heavy atom. The van der Waals surface area contributed by atoms with Crippen LogP contribution in [0, 0.1) is 5.92 Å². The summed E-state index contributed by atoms with van der Waals surface area (Å²) in [6.45, 7) is 2.42. The van der Waals surface area contributed by atoms with Gasteiger partial charge in [-0.1, -0.05) is 13.8 Å². The molecule has 1 aromatic carbocycles. The van der Waals surface area contributed by atoms with Crippen LogP contribution in [0.3, 0.4) is 0 Å². The fraction of sp³-hybridized carbons (Fsp3) is 0.632. The van der Waals surface area contributed by atoms with Gasteiger partial charge in [0.2, 0.25) is 23.0 Å². The van der Waals surface area contributed by atoms with Gasteiger partial charge in [-0.15, -0.1) is 0 Å². The molecule has 3 rings (SSSR count). The van der Waals surface area contributed by atoms with E-state index in [-0.39, 0.29) is 0 Å². The molecule has 22 heteroatoms. The molecule has 0 radical (unpaired) electrons. The van der Waals surface area contributed by atoms with Gasteiger partial charge >= 0.3 is 12.3 Å². The Kier molecular flexibility index (Phi) is 7.00. The SMILES string of the molecule is CC(C)CC1(O)C(=O)C(O)(O)C2(O)c3c(O)c(OC(O)(O)O)c(OC(O)(O)O)c(O)c3C(O)(O)C(O)(O)N2C1(O)O. The fourth-order valence-corrected chi connectivity index (χ4v) is 4.86. The number of ketones is 1. The van der Waals surface area contributed by atoms with E-state index in [0.717, 1.165) is 0 Å². The summed E-state index contributed by atoms with van der Waals surface area (Å²) in [6.07, 6.45) is -10.2. The van der Waals surface area contributed by atoms with Crippen LogP contribution < -0.4 is 9.47 Å². The first kappa shape index (κ1) is 32.9. The number of aliphatic hydroxyl groups is 16. The first-order valence-corrected chi connectivity index (χ1v) is 10.9. The molecule has 2 heterocycles. The van der Waals surface area contributed by atoms with Crippen LogP contribution in [0.4, 0.5) is 0 Å². The minimum atomic E-state index is -5.02. The molecular formula is C19H27NO21. The Morgan fingerprint density at radius 3 is 1.44 bits per heavy atom. The maximum absolute atomic E-state index is 13.2. The zero-order chi connectivity index (χ0) is 32.3. The maximum atomic E-state index is 13.2. The van der Waals surface area contributed by atoms with Crippen molar-refractivity contribution >= 4 is 5.78 Å². The number of phenols is 2. The molecule has 0 amide bonds. The molecule has 18 N–H and O–H groups in total. The average Bonchev–Trinajstić information content (AvgIpc) is 2.73. The van der Waals surface area contributed by atoms with Crippen LogP contribution in [-0.2, 0) is 16.3 Å². The summed E-state index contributed by atoms with van der Waals surface area (Å²) in [7, 11) is 0. The summed E-state index contributed by atoms with van der Waals surface area (Å²) in [5, 5.41) is 185. The van der Waals surface area contributed by atoms with Gasteiger partial charge in [-0.2, -0.15) is 4.90 Å². The van der Waals surface area contributed by atoms with Crippen LogP contribution in [0.25, 0.3) is 0 Å². The first-order valence-electron chi connectivity index (χ1n) is 10.9. The zero-order valence-electron chi connectivity index (χ0n) is 20.5. The van der Waals surface area contributed by atoms with Crippen molar-refractivity contribution in [1.82, 2.24) is 4.90 Å². The summed E-state index contributed by atoms with van der Waals surface area (Å²) in [5.41, 5.74) is -13.3. The third-order valence-corrected chi connectivity index (χ3v) is 6.39. The number of fused-ring (bicyclic) bond motifs is 3. The molecule has 22 nitrogen and oxygen atoms in total. The van der Waals surface area contributed by atoms with E-state index >= 15 is 0 Å². The van der Waals surface area contributed by atoms with Crippen molar-refractivity contribution < 1.29 is 106 Å². The van der Waals surface area contributed by atoms with Crippen molar-refractivity contribution in [2.45, 2.75) is 67.3 Å². The highest BCUT2D eigenvalue weighted by atomic mass is 16.9. The fourth-order valence-electron chi connectivity index (χ4n) is 4.86. The van der Waals surface area contributed by atoms with E-state index in [2.05, 4.69) is 9.47 Å². The number of carbonyl (C=O) groups is 1. The first-order chi connectivity index (χ1) is 17.9. The number of ether oxygens (including phenoxy) is 2. The second-order valence-electron chi connectivity index (χ2n) is 9.87. The topological polar surface area (TPSA) is 403 Å². The van der Waals surface area contributed by atoms with Gasteiger partial charge in [0.1, 0.15) is 0 Å². The zero-order valence-corrected chi connectivity index (χ0v) is 20.5. The minimum Gasteiger partial charge on any atom is -0.504 e. The molecule has 2 unspecified atom stereocenters. The van der Waals surface area contributed by atoms with E-state index in [4.69, 9.17) is 15.3 Å². The third-order valence-electron chi connectivity index (χ3n) is 6.39. The van der Waals surface area contributed by atoms with Gasteiger partial charge in [-0.25, -0.2) is 0 Å². The highest BCUT2D eigenvalue weighted by molar-refractivity contribution is 5.97. The molecule has 2 atom stereocenters. The standard InChI is InChI=1S/C19H27NO21/c1-4(2)3-12(24)11(23)15(28,29)13(25)5-6(14(26,27)17(32,33)20(13)16(12,30)31)8(22)10(41-19(37,38)39)9(7(5)21)40-18(34,35)36/h4,21-22,24-39H,3H2,1-2H3. The van der Waals surface area contributed by atoms with Crippen molar-refractivity contribution in [3.8, 4) is 23.0 Å². The molecule has 234 valence electrons. The maximum Gasteiger partial charge on any atom is 0.453 e. The number of piperidine rings is 1. The summed E-state index contributed by atoms with van der Waals surface area (Å²) in [6, 6.07) is 0. The molecule has 0 saturated carbocycles. The predicted molar refractivity (Wildman–Crippen MR) is 113 cm³/mol. The van der Waals surface area contributed by atoms with Crippen LogP contribution >= 0.6 is 0 Å². The number of hydrogen-bond acceptors (Lipinski definition) is 22. The Morgan fingerprint density at radius 1 is 0.683 bits per heavy atom. The summed E-state index contributed by atoms with van der Waals surface area (Å²) in [4.78, 5) is 11.8. The monoisotopic (exact) mass is 605 g/mol. The van der Waals surface area contributed by atoms with E-state index in [1.807, 2.05) is 0 Å². The lowest BCUT2D eigenvalue weighted by atomic mass is 9.66. The molecule has 0 bridgehead atoms. The lowest BCUT2D eigenvalue weighted by Gasteiger charge is -2.65. The average molecular weight is 605 g/mol. The molecule has 1 aromatic rings. The van der Waals surface area contributed by atoms with Gasteiger partial charge < -0.3 is 101 Å². The van der Waals surface area contributed by atoms with E-state index in [1.165, 1.54) is 13.8 Å². The molecule has 1 fully saturated rings. The quantitative estimate of drug-likeness (QED) is 0.106. The molecule has 41 heavy (non-hydrogen) atoms. The van der Waals surface area contributed by atoms with Gasteiger partial charge in [-0.05, 0) is 12.3 Å². The number of benzene rings is 1. The third kappa shape index (κ3) is 4.22. The van der Waals surface area contributed by atoms with Crippen molar-refractivity contribution in [3.63, 3.8) is 0 Å². The van der Waals surface area contributed by atoms with Crippen molar-refractivity contribution in [3.05, 3.63) is 11.1 Å². The normalized spacial score (nSPS) is 28.7. The Labute approximate surface area is 225 Å². The van der Waals surface area contributed by atoms with Gasteiger partial charge in [0.15, 0.2) is 17.1 Å². The highest BCUT2D eigenvalue weighted by Crippen LogP contribution is 2.65. The number of hydrogen-bond donors (Lipinski definition) is 18. The summed E-state index contributed by atoms with van der Waals surface area (Å²) < 4.78 is 7.96. The summed E-state index contributed by atoms with van der Waals surface area (Å²) in [5.74, 6) is -31.7. The number of Topliss-reactive ketones (excluding diaryl/α,β-unsaturated/α-hetero) is 1. The van der Waals surface area contributed by atoms with Gasteiger partial charge in [0, 0.05) is 0 Å². The van der Waals surface area contributed by atoms with E-state index in [1.54, 1.807) is 0 Å². The number of phenolic OH excluding ortho intramolecular Hbond substituents is 2. The predicted octanol–water partition coefficient (Wildman–Crippen LogP) is -9.05. The Hall–Kier alpha value is -2.59. The van der Waals surface area contributed by atoms with Crippen LogP contribution in [0.15, 0.2) is 0 Å². The second kappa shape index (κ2) is 8.72. The smallest absolute Gasteiger partial charge is 0.453 e. The molecule has 2 aliphatic heterocycles. The van der Waals surface area contributed by atoms with E-state index in [9.17, 15) is 81.4 Å². The van der Waals surface area contributed by atoms with Gasteiger partial charge in [0.05, 0.1) is 11.1 Å². The number of carbonyl (C=O) groups excluding carboxylic acids is 1. The van der Waals surface area contributed by atoms with Crippen molar-refractivity contribution in [2.75, 3.05) is 0 Å². The summed E-state index contributed by atoms with van der Waals surface area (Å²) >= 11 is 0. The van der Waals surface area contributed by atoms with Gasteiger partial charge in [0.25, 0.3) is 23.4 Å². The Bertz CT molecular complexity index is 1260. The molecule has 1 saturated heterocycles. The molecule has 2 aliphatic rings. The molecule has 0 aliphatic carbocycles. The second-order valence-corrected chi connectivity index (χ2v) is 9.87. The van der Waals surface area contributed by atoms with Crippen molar-refractivity contribution in [2.24, 2.45) is 5.92 Å². The largest absolute Gasteiger partial charge is 0.504 e. The van der Waals surface area contributed by atoms with Crippen molar-refractivity contribution in [1.29, 1.82) is 0 Å². The minimum absolute atomic E-state index is 0.999. The molecule has 0 aromatic heterocycles. The molecule has 0 spiro atoms. The molecular weight excluding hydrogens is 578 g/mol.